The molecule has 0 fully saturated rings. The number of nitrogens with one attached hydrogen (secondary N) is 4. The number of ether oxygens (including phenoxy) is 1. The number of benzene rings is 2. The van der Waals surface area contributed by atoms with Gasteiger partial charge in [-0.15, -0.1) is 0 Å². The Morgan fingerprint density at radius 2 is 1.92 bits per heavy atom. The van der Waals surface area contributed by atoms with E-state index in [-0.39, 0.29) is 12.1 Å². The van der Waals surface area contributed by atoms with Gasteiger partial charge in [0.2, 0.25) is 0 Å². The second-order valence-corrected chi connectivity index (χ2v) is 9.79. The number of aromatic nitrogens is 2. The van der Waals surface area contributed by atoms with Crippen LogP contribution in [0.15, 0.2) is 35.1 Å². The average Bonchev–Trinajstić information content (AvgIpc) is 2.89. The van der Waals surface area contributed by atoms with Crippen molar-refractivity contribution in [2.75, 3.05) is 7.05 Å². The summed E-state index contributed by atoms with van der Waals surface area (Å²) in [5.74, 6) is 0. The Hall–Kier alpha value is -4.45. The van der Waals surface area contributed by atoms with Gasteiger partial charge in [0.05, 0.1) is 28.9 Å². The number of alkyl carbamates (subject to hydrolysis) is 1. The molecule has 9 heteroatoms. The lowest BCUT2D eigenvalue weighted by Gasteiger charge is -2.19. The van der Waals surface area contributed by atoms with E-state index in [1.165, 1.54) is 6.21 Å². The van der Waals surface area contributed by atoms with Crippen LogP contribution in [0.5, 0.6) is 0 Å². The molecule has 0 bridgehead atoms. The molecule has 0 saturated heterocycles. The molecule has 4 N–H and O–H groups in total. The first-order valence-electron chi connectivity index (χ1n) is 12.5. The smallest absolute Gasteiger partial charge is 0.407 e. The van der Waals surface area contributed by atoms with E-state index in [0.29, 0.717) is 45.3 Å². The summed E-state index contributed by atoms with van der Waals surface area (Å²) in [6, 6.07) is 11.6. The van der Waals surface area contributed by atoms with Gasteiger partial charge in [-0.1, -0.05) is 26.0 Å². The molecule has 0 radical (unpaired) electrons. The fourth-order valence-electron chi connectivity index (χ4n) is 4.29. The summed E-state index contributed by atoms with van der Waals surface area (Å²) in [5, 5.41) is 31.7. The van der Waals surface area contributed by atoms with Crippen LogP contribution >= 0.6 is 0 Å². The monoisotopic (exact) mass is 514 g/mol. The number of aryl methyl sites for hydroxylation is 2. The zero-order valence-corrected chi connectivity index (χ0v) is 22.7. The topological polar surface area (TPSA) is 144 Å². The normalized spacial score (nSPS) is 11.9. The van der Waals surface area contributed by atoms with E-state index in [1.807, 2.05) is 13.0 Å². The van der Waals surface area contributed by atoms with Crippen molar-refractivity contribution in [3.8, 4) is 6.07 Å². The molecule has 0 aliphatic carbocycles. The SMILES string of the molecule is CCc1cc(CC)c(C#N)c(/C(NC)=C(/C=N)c2ccc3c(=O)[nH]nc(CNC(=O)OC(C)(C)C)c3c2)c1. The Balaban J connectivity index is 2.19. The van der Waals surface area contributed by atoms with Gasteiger partial charge >= 0.3 is 6.09 Å². The Labute approximate surface area is 222 Å². The highest BCUT2D eigenvalue weighted by atomic mass is 16.6. The van der Waals surface area contributed by atoms with Crippen LogP contribution in [0.3, 0.4) is 0 Å². The fraction of sp³-hybridized carbons (Fsp3) is 0.345. The van der Waals surface area contributed by atoms with Crippen LogP contribution < -0.4 is 16.2 Å². The number of hydrogen-bond acceptors (Lipinski definition) is 7. The van der Waals surface area contributed by atoms with Crippen LogP contribution in [-0.4, -0.2) is 35.2 Å². The van der Waals surface area contributed by atoms with Crippen molar-refractivity contribution >= 4 is 34.4 Å². The second kappa shape index (κ2) is 11.7. The third kappa shape index (κ3) is 6.09. The molecular weight excluding hydrogens is 480 g/mol. The van der Waals surface area contributed by atoms with Crippen LogP contribution in [0.2, 0.25) is 0 Å². The molecule has 0 unspecified atom stereocenters. The number of carbonyl (C=O) groups is 1. The molecule has 0 atom stereocenters. The fourth-order valence-corrected chi connectivity index (χ4v) is 4.29. The van der Waals surface area contributed by atoms with E-state index in [4.69, 9.17) is 10.1 Å². The predicted molar refractivity (Wildman–Crippen MR) is 150 cm³/mol. The highest BCUT2D eigenvalue weighted by Crippen LogP contribution is 2.30. The number of nitrogens with zero attached hydrogens (tertiary/aromatic N) is 2. The largest absolute Gasteiger partial charge is 0.444 e. The predicted octanol–water partition coefficient (Wildman–Crippen LogP) is 4.68. The van der Waals surface area contributed by atoms with Crippen molar-refractivity contribution in [1.29, 1.82) is 10.7 Å². The summed E-state index contributed by atoms with van der Waals surface area (Å²) in [6.07, 6.45) is 2.15. The summed E-state index contributed by atoms with van der Waals surface area (Å²) < 4.78 is 5.31. The maximum absolute atomic E-state index is 12.5. The van der Waals surface area contributed by atoms with Crippen molar-refractivity contribution in [3.05, 3.63) is 74.2 Å². The van der Waals surface area contributed by atoms with Crippen molar-refractivity contribution in [2.24, 2.45) is 0 Å². The third-order valence-corrected chi connectivity index (χ3v) is 6.09. The third-order valence-electron chi connectivity index (χ3n) is 6.09. The summed E-state index contributed by atoms with van der Waals surface area (Å²) in [5.41, 5.74) is 4.60. The molecule has 9 nitrogen and oxygen atoms in total. The van der Waals surface area contributed by atoms with Crippen molar-refractivity contribution in [3.63, 3.8) is 0 Å². The maximum Gasteiger partial charge on any atom is 0.407 e. The van der Waals surface area contributed by atoms with Gasteiger partial charge in [0.1, 0.15) is 11.7 Å². The van der Waals surface area contributed by atoms with Gasteiger partial charge < -0.3 is 20.8 Å². The first-order valence-corrected chi connectivity index (χ1v) is 12.5. The second-order valence-electron chi connectivity index (χ2n) is 9.79. The first kappa shape index (κ1) is 28.1. The van der Waals surface area contributed by atoms with E-state index in [9.17, 15) is 14.9 Å². The Morgan fingerprint density at radius 3 is 2.50 bits per heavy atom. The number of allylic oxidation sites excluding steroid dienone is 1. The molecule has 0 saturated carbocycles. The maximum atomic E-state index is 12.5. The Kier molecular flexibility index (Phi) is 8.68. The lowest BCUT2D eigenvalue weighted by Crippen LogP contribution is -2.32. The van der Waals surface area contributed by atoms with Crippen LogP contribution in [0, 0.1) is 16.7 Å². The number of nitriles is 1. The highest BCUT2D eigenvalue weighted by Gasteiger charge is 2.19. The Bertz CT molecular complexity index is 1510. The molecule has 1 amide bonds. The molecule has 198 valence electrons. The van der Waals surface area contributed by atoms with Crippen LogP contribution in [0.25, 0.3) is 22.0 Å². The van der Waals surface area contributed by atoms with E-state index < -0.39 is 11.7 Å². The Morgan fingerprint density at radius 1 is 1.18 bits per heavy atom. The molecule has 3 rings (SSSR count). The molecular formula is C29H34N6O3. The van der Waals surface area contributed by atoms with E-state index in [2.05, 4.69) is 39.9 Å². The number of rotatable bonds is 8. The average molecular weight is 515 g/mol. The van der Waals surface area contributed by atoms with Crippen molar-refractivity contribution in [1.82, 2.24) is 20.8 Å². The number of H-pyrrole nitrogens is 1. The zero-order valence-electron chi connectivity index (χ0n) is 22.7. The van der Waals surface area contributed by atoms with Crippen LogP contribution in [0.1, 0.15) is 68.1 Å². The molecule has 0 aliphatic heterocycles. The minimum atomic E-state index is -0.653. The van der Waals surface area contributed by atoms with Gasteiger partial charge in [-0.25, -0.2) is 9.89 Å². The lowest BCUT2D eigenvalue weighted by molar-refractivity contribution is 0.0523. The number of fused-ring (bicyclic) bond motifs is 1. The highest BCUT2D eigenvalue weighted by molar-refractivity contribution is 6.19. The molecule has 3 aromatic rings. The quantitative estimate of drug-likeness (QED) is 0.254. The summed E-state index contributed by atoms with van der Waals surface area (Å²) in [6.45, 7) is 9.43. The zero-order chi connectivity index (χ0) is 28.0. The first-order chi connectivity index (χ1) is 18.1. The van der Waals surface area contributed by atoms with E-state index in [0.717, 1.165) is 23.1 Å². The van der Waals surface area contributed by atoms with Crippen LogP contribution in [-0.2, 0) is 24.1 Å². The number of hydrogen-bond donors (Lipinski definition) is 4. The van der Waals surface area contributed by atoms with Crippen LogP contribution in [0.4, 0.5) is 4.79 Å². The standard InChI is InChI=1S/C29H34N6O3/c1-7-17-11-18(8-2)23(14-30)22(12-17)26(32-6)24(15-31)19-9-10-20-21(13-19)25(34-35-27(20)36)16-33-28(37)38-29(3,4)5/h9-13,15,31-32H,7-8,16H2,1-6H3,(H,33,37)(H,35,36)/b26-24+,31-15?. The molecule has 0 aliphatic rings. The van der Waals surface area contributed by atoms with E-state index >= 15 is 0 Å². The summed E-state index contributed by atoms with van der Waals surface area (Å²) in [4.78, 5) is 24.7. The number of amides is 1. The molecule has 1 aromatic heterocycles. The number of carbonyl (C=O) groups excluding carboxylic acids is 1. The summed E-state index contributed by atoms with van der Waals surface area (Å²) >= 11 is 0. The van der Waals surface area contributed by atoms with Gasteiger partial charge in [-0.05, 0) is 68.5 Å². The summed E-state index contributed by atoms with van der Waals surface area (Å²) in [7, 11) is 1.76. The van der Waals surface area contributed by atoms with Gasteiger partial charge in [0, 0.05) is 29.8 Å². The lowest BCUT2D eigenvalue weighted by atomic mass is 9.90. The van der Waals surface area contributed by atoms with Crippen molar-refractivity contribution in [2.45, 2.75) is 59.6 Å². The molecule has 0 spiro atoms. The van der Waals surface area contributed by atoms with E-state index in [1.54, 1.807) is 46.0 Å². The van der Waals surface area contributed by atoms with Gasteiger partial charge in [0.25, 0.3) is 5.56 Å². The number of aromatic amines is 1. The minimum absolute atomic E-state index is 0.0329. The van der Waals surface area contributed by atoms with Crippen molar-refractivity contribution < 1.29 is 9.53 Å². The minimum Gasteiger partial charge on any atom is -0.444 e. The van der Waals surface area contributed by atoms with Gasteiger partial charge in [-0.2, -0.15) is 10.4 Å². The van der Waals surface area contributed by atoms with Gasteiger partial charge in [-0.3, -0.25) is 4.79 Å². The molecule has 1 heterocycles. The molecule has 2 aromatic carbocycles. The van der Waals surface area contributed by atoms with Gasteiger partial charge in [0.15, 0.2) is 0 Å². The molecule has 38 heavy (non-hydrogen) atoms.